The first-order valence-corrected chi connectivity index (χ1v) is 2.27. The maximum atomic E-state index is 4.87. The van der Waals surface area contributed by atoms with E-state index in [0.29, 0.717) is 4.73 Å². The molecule has 0 unspecified atom stereocenters. The van der Waals surface area contributed by atoms with Crippen LogP contribution in [0.2, 0.25) is 0 Å². The number of nitrogens with zero attached hydrogens (tertiary/aromatic N) is 1. The van der Waals surface area contributed by atoms with Crippen molar-refractivity contribution in [3.05, 3.63) is 0 Å². The summed E-state index contributed by atoms with van der Waals surface area (Å²) in [5.41, 5.74) is 2.31. The van der Waals surface area contributed by atoms with E-state index in [9.17, 15) is 0 Å². The predicted molar refractivity (Wildman–Crippen MR) is 26.4 cm³/mol. The SMILES string of the molecule is CN=C([Se])NN. The summed E-state index contributed by atoms with van der Waals surface area (Å²) >= 11 is 2.59. The molecule has 0 bridgehead atoms. The summed E-state index contributed by atoms with van der Waals surface area (Å²) < 4.78 is 0.620. The molecule has 0 aromatic rings. The Balaban J connectivity index is 3.22. The topological polar surface area (TPSA) is 50.4 Å². The van der Waals surface area contributed by atoms with E-state index in [0.717, 1.165) is 0 Å². The van der Waals surface area contributed by atoms with Crippen LogP contribution in [0.1, 0.15) is 0 Å². The minimum atomic E-state index is 0.620. The van der Waals surface area contributed by atoms with Gasteiger partial charge in [0.05, 0.1) is 0 Å². The number of hydrogen-bond acceptors (Lipinski definition) is 2. The molecule has 35 valence electrons. The summed E-state index contributed by atoms with van der Waals surface area (Å²) in [6, 6.07) is 0. The Labute approximate surface area is 44.8 Å². The summed E-state index contributed by atoms with van der Waals surface area (Å²) in [6.07, 6.45) is 0. The van der Waals surface area contributed by atoms with Crippen molar-refractivity contribution >= 4 is 20.7 Å². The van der Waals surface area contributed by atoms with Gasteiger partial charge in [0, 0.05) is 0 Å². The van der Waals surface area contributed by atoms with Gasteiger partial charge < -0.3 is 0 Å². The van der Waals surface area contributed by atoms with Crippen LogP contribution in [0.3, 0.4) is 0 Å². The van der Waals surface area contributed by atoms with Gasteiger partial charge in [-0.2, -0.15) is 0 Å². The van der Waals surface area contributed by atoms with E-state index in [2.05, 4.69) is 26.4 Å². The second-order valence-electron chi connectivity index (χ2n) is 0.673. The summed E-state index contributed by atoms with van der Waals surface area (Å²) in [7, 11) is 1.64. The average Bonchev–Trinajstić information content (AvgIpc) is 1.65. The quantitative estimate of drug-likeness (QED) is 0.147. The van der Waals surface area contributed by atoms with Crippen molar-refractivity contribution in [1.82, 2.24) is 5.43 Å². The summed E-state index contributed by atoms with van der Waals surface area (Å²) in [5, 5.41) is 0. The predicted octanol–water partition coefficient (Wildman–Crippen LogP) is -1.40. The molecule has 3 nitrogen and oxygen atoms in total. The van der Waals surface area contributed by atoms with Gasteiger partial charge in [0.15, 0.2) is 0 Å². The van der Waals surface area contributed by atoms with Crippen molar-refractivity contribution in [2.24, 2.45) is 10.8 Å². The first-order chi connectivity index (χ1) is 2.81. The van der Waals surface area contributed by atoms with Crippen LogP contribution in [0.15, 0.2) is 4.99 Å². The monoisotopic (exact) mass is 152 g/mol. The number of amidine groups is 1. The van der Waals surface area contributed by atoms with Gasteiger partial charge in [0.1, 0.15) is 0 Å². The Morgan fingerprint density at radius 1 is 2.00 bits per heavy atom. The molecule has 1 radical (unpaired) electrons. The van der Waals surface area contributed by atoms with E-state index in [1.807, 2.05) is 0 Å². The molecule has 6 heavy (non-hydrogen) atoms. The number of nitrogens with two attached hydrogens (primary N) is 1. The molecular weight excluding hydrogens is 145 g/mol. The Bertz CT molecular complexity index is 59.8. The minimum absolute atomic E-state index is 0.620. The van der Waals surface area contributed by atoms with Gasteiger partial charge in [-0.15, -0.1) is 0 Å². The van der Waals surface area contributed by atoms with E-state index in [4.69, 9.17) is 5.84 Å². The molecule has 0 aromatic heterocycles. The van der Waals surface area contributed by atoms with E-state index in [-0.39, 0.29) is 0 Å². The molecule has 0 heterocycles. The molecule has 0 aliphatic heterocycles. The molecule has 0 aliphatic carbocycles. The Morgan fingerprint density at radius 2 is 2.50 bits per heavy atom. The van der Waals surface area contributed by atoms with Crippen LogP contribution >= 0.6 is 0 Å². The third-order valence-corrected chi connectivity index (χ3v) is 0.957. The van der Waals surface area contributed by atoms with Crippen molar-refractivity contribution in [1.29, 1.82) is 0 Å². The number of hydrogen-bond donors (Lipinski definition) is 2. The first kappa shape index (κ1) is 5.95. The maximum absolute atomic E-state index is 4.87. The van der Waals surface area contributed by atoms with Crippen LogP contribution in [-0.4, -0.2) is 27.8 Å². The molecule has 3 N–H and O–H groups in total. The number of hydrazine groups is 1. The standard InChI is InChI=1S/C2H6N3Se/c1-4-2(6)5-3/h3H2,1H3,(H,4,5). The number of nitrogens with one attached hydrogen (secondary N) is 1. The van der Waals surface area contributed by atoms with E-state index < -0.39 is 0 Å². The summed E-state index contributed by atoms with van der Waals surface area (Å²) in [4.78, 5) is 3.63. The zero-order chi connectivity index (χ0) is 4.99. The van der Waals surface area contributed by atoms with Crippen molar-refractivity contribution in [3.63, 3.8) is 0 Å². The molecule has 4 heteroatoms. The molecular formula is C2H6N3Se. The Morgan fingerprint density at radius 3 is 2.50 bits per heavy atom. The fraction of sp³-hybridized carbons (Fsp3) is 0.500. The van der Waals surface area contributed by atoms with Crippen molar-refractivity contribution in [2.75, 3.05) is 7.05 Å². The van der Waals surface area contributed by atoms with Gasteiger partial charge in [-0.3, -0.25) is 0 Å². The van der Waals surface area contributed by atoms with Gasteiger partial charge in [0.25, 0.3) is 0 Å². The van der Waals surface area contributed by atoms with Gasteiger partial charge in [-0.1, -0.05) is 0 Å². The molecule has 0 aromatic carbocycles. The van der Waals surface area contributed by atoms with E-state index >= 15 is 0 Å². The van der Waals surface area contributed by atoms with Crippen LogP contribution < -0.4 is 11.3 Å². The van der Waals surface area contributed by atoms with E-state index in [1.165, 1.54) is 0 Å². The van der Waals surface area contributed by atoms with Gasteiger partial charge in [-0.25, -0.2) is 0 Å². The molecule has 0 amide bonds. The summed E-state index contributed by atoms with van der Waals surface area (Å²) in [5.74, 6) is 4.87. The van der Waals surface area contributed by atoms with Crippen molar-refractivity contribution < 1.29 is 0 Å². The molecule has 0 atom stereocenters. The second-order valence-corrected chi connectivity index (χ2v) is 1.48. The third kappa shape index (κ3) is 2.20. The number of rotatable bonds is 0. The van der Waals surface area contributed by atoms with Crippen LogP contribution in [0.4, 0.5) is 0 Å². The van der Waals surface area contributed by atoms with Crippen molar-refractivity contribution in [3.8, 4) is 0 Å². The third-order valence-electron chi connectivity index (χ3n) is 0.327. The molecule has 0 saturated carbocycles. The molecule has 0 rings (SSSR count). The Hall–Kier alpha value is -0.0505. The molecule has 0 spiro atoms. The van der Waals surface area contributed by atoms with E-state index in [1.54, 1.807) is 7.05 Å². The van der Waals surface area contributed by atoms with Crippen LogP contribution in [-0.2, 0) is 0 Å². The first-order valence-electron chi connectivity index (χ1n) is 1.41. The van der Waals surface area contributed by atoms with Gasteiger partial charge >= 0.3 is 44.1 Å². The summed E-state index contributed by atoms with van der Waals surface area (Å²) in [6.45, 7) is 0. The average molecular weight is 151 g/mol. The number of aliphatic imine (C=N–C) groups is 1. The molecule has 0 saturated heterocycles. The normalized spacial score (nSPS) is 11.3. The zero-order valence-corrected chi connectivity index (χ0v) is 5.15. The Kier molecular flexibility index (Phi) is 3.12. The van der Waals surface area contributed by atoms with Crippen LogP contribution in [0.5, 0.6) is 0 Å². The zero-order valence-electron chi connectivity index (χ0n) is 3.43. The van der Waals surface area contributed by atoms with Gasteiger partial charge in [0.2, 0.25) is 0 Å². The van der Waals surface area contributed by atoms with Gasteiger partial charge in [-0.05, 0) is 0 Å². The second kappa shape index (κ2) is 3.15. The van der Waals surface area contributed by atoms with Crippen molar-refractivity contribution in [2.45, 2.75) is 0 Å². The van der Waals surface area contributed by atoms with Crippen LogP contribution in [0, 0.1) is 0 Å². The fourth-order valence-corrected chi connectivity index (χ4v) is 0.0645. The molecule has 0 aliphatic rings. The molecule has 0 fully saturated rings. The fourth-order valence-electron chi connectivity index (χ4n) is 0.0645. The van der Waals surface area contributed by atoms with Crippen LogP contribution in [0.25, 0.3) is 0 Å².